The molecule has 0 amide bonds. The molecule has 0 radical (unpaired) electrons. The Morgan fingerprint density at radius 2 is 1.65 bits per heavy atom. The Morgan fingerprint density at radius 3 is 2.10 bits per heavy atom. The molecule has 2 rings (SSSR count). The third kappa shape index (κ3) is 2.47. The number of aromatic nitrogens is 2. The molecule has 0 saturated carbocycles. The first-order chi connectivity index (χ1) is 9.25. The summed E-state index contributed by atoms with van der Waals surface area (Å²) in [5.74, 6) is -5.49. The van der Waals surface area contributed by atoms with Crippen molar-refractivity contribution < 1.29 is 26.3 Å². The Kier molecular flexibility index (Phi) is 3.68. The Hall–Kier alpha value is -1.70. The van der Waals surface area contributed by atoms with Crippen LogP contribution >= 0.6 is 11.6 Å². The van der Waals surface area contributed by atoms with Gasteiger partial charge in [0.15, 0.2) is 23.1 Å². The molecule has 108 valence electrons. The molecule has 1 aromatic carbocycles. The SMILES string of the molecule is Fc1cc(-n2ncc(CCl)c2C(F)(F)F)cc(F)c1F. The van der Waals surface area contributed by atoms with Crippen LogP contribution in [0.3, 0.4) is 0 Å². The number of hydrogen-bond donors (Lipinski definition) is 0. The van der Waals surface area contributed by atoms with Crippen LogP contribution in [0.4, 0.5) is 26.3 Å². The maximum Gasteiger partial charge on any atom is 0.433 e. The van der Waals surface area contributed by atoms with E-state index < -0.39 is 40.9 Å². The lowest BCUT2D eigenvalue weighted by Gasteiger charge is -2.12. The molecule has 1 aromatic heterocycles. The molecular weight excluding hydrogens is 310 g/mol. The second kappa shape index (κ2) is 5.01. The standard InChI is InChI=1S/C11H5ClF6N2/c12-3-5-4-19-20(10(5)11(16,17)18)6-1-7(13)9(15)8(14)2-6/h1-2,4H,3H2. The highest BCUT2D eigenvalue weighted by molar-refractivity contribution is 6.17. The van der Waals surface area contributed by atoms with Crippen molar-refractivity contribution in [1.82, 2.24) is 9.78 Å². The third-order valence-corrected chi connectivity index (χ3v) is 2.76. The van der Waals surface area contributed by atoms with Crippen molar-refractivity contribution in [3.63, 3.8) is 0 Å². The van der Waals surface area contributed by atoms with Crippen molar-refractivity contribution in [2.45, 2.75) is 12.1 Å². The van der Waals surface area contributed by atoms with Crippen LogP contribution in [0.25, 0.3) is 5.69 Å². The average molecular weight is 315 g/mol. The topological polar surface area (TPSA) is 17.8 Å². The van der Waals surface area contributed by atoms with E-state index in [1.807, 2.05) is 0 Å². The highest BCUT2D eigenvalue weighted by Gasteiger charge is 2.38. The summed E-state index contributed by atoms with van der Waals surface area (Å²) in [5.41, 5.74) is -2.22. The monoisotopic (exact) mass is 314 g/mol. The summed E-state index contributed by atoms with van der Waals surface area (Å²) in [6, 6.07) is 0.831. The highest BCUT2D eigenvalue weighted by atomic mass is 35.5. The molecule has 2 aromatic rings. The fourth-order valence-electron chi connectivity index (χ4n) is 1.64. The van der Waals surface area contributed by atoms with Gasteiger partial charge in [-0.3, -0.25) is 0 Å². The van der Waals surface area contributed by atoms with E-state index in [1.54, 1.807) is 0 Å². The van der Waals surface area contributed by atoms with Crippen LogP contribution < -0.4 is 0 Å². The van der Waals surface area contributed by atoms with Crippen molar-refractivity contribution in [1.29, 1.82) is 0 Å². The zero-order valence-electron chi connectivity index (χ0n) is 9.48. The van der Waals surface area contributed by atoms with Crippen LogP contribution in [0.2, 0.25) is 0 Å². The van der Waals surface area contributed by atoms with Crippen molar-refractivity contribution >= 4 is 11.6 Å². The number of hydrogen-bond acceptors (Lipinski definition) is 1. The molecule has 0 aliphatic rings. The zero-order valence-corrected chi connectivity index (χ0v) is 10.2. The van der Waals surface area contributed by atoms with Gasteiger partial charge in [-0.2, -0.15) is 18.3 Å². The van der Waals surface area contributed by atoms with Gasteiger partial charge in [-0.05, 0) is 0 Å². The first-order valence-electron chi connectivity index (χ1n) is 5.10. The molecule has 0 fully saturated rings. The Morgan fingerprint density at radius 1 is 1.10 bits per heavy atom. The number of alkyl halides is 4. The first kappa shape index (κ1) is 14.7. The molecule has 0 N–H and O–H groups in total. The molecule has 0 atom stereocenters. The van der Waals surface area contributed by atoms with Gasteiger partial charge in [0.05, 0.1) is 17.8 Å². The minimum Gasteiger partial charge on any atom is -0.228 e. The predicted octanol–water partition coefficient (Wildman–Crippen LogP) is 4.05. The molecule has 0 saturated heterocycles. The number of nitrogens with zero attached hydrogens (tertiary/aromatic N) is 2. The van der Waals surface area contributed by atoms with E-state index in [0.717, 1.165) is 6.20 Å². The molecule has 0 spiro atoms. The van der Waals surface area contributed by atoms with Gasteiger partial charge < -0.3 is 0 Å². The molecular formula is C11H5ClF6N2. The quantitative estimate of drug-likeness (QED) is 0.464. The van der Waals surface area contributed by atoms with E-state index in [2.05, 4.69) is 5.10 Å². The Balaban J connectivity index is 2.68. The van der Waals surface area contributed by atoms with Crippen molar-refractivity contribution in [2.24, 2.45) is 0 Å². The lowest BCUT2D eigenvalue weighted by molar-refractivity contribution is -0.143. The highest BCUT2D eigenvalue weighted by Crippen LogP contribution is 2.34. The minimum atomic E-state index is -4.83. The van der Waals surface area contributed by atoms with Crippen LogP contribution in [-0.4, -0.2) is 9.78 Å². The van der Waals surface area contributed by atoms with Gasteiger partial charge in [0.2, 0.25) is 0 Å². The Bertz CT molecular complexity index is 626. The summed E-state index contributed by atoms with van der Waals surface area (Å²) in [4.78, 5) is 0. The smallest absolute Gasteiger partial charge is 0.228 e. The van der Waals surface area contributed by atoms with Gasteiger partial charge in [-0.1, -0.05) is 0 Å². The maximum absolute atomic E-state index is 13.1. The van der Waals surface area contributed by atoms with E-state index in [-0.39, 0.29) is 10.2 Å². The lowest BCUT2D eigenvalue weighted by Crippen LogP contribution is -2.15. The molecule has 1 heterocycles. The van der Waals surface area contributed by atoms with Gasteiger partial charge in [0, 0.05) is 17.7 Å². The van der Waals surface area contributed by atoms with Crippen LogP contribution in [0, 0.1) is 17.5 Å². The van der Waals surface area contributed by atoms with E-state index in [0.29, 0.717) is 12.1 Å². The van der Waals surface area contributed by atoms with Crippen molar-refractivity contribution in [3.05, 3.63) is 47.0 Å². The summed E-state index contributed by atoms with van der Waals surface area (Å²) in [5, 5.41) is 3.39. The van der Waals surface area contributed by atoms with E-state index in [1.165, 1.54) is 0 Å². The molecule has 9 heteroatoms. The molecule has 0 bridgehead atoms. The summed E-state index contributed by atoms with van der Waals surface area (Å²) in [6.45, 7) is 0. The normalized spacial score (nSPS) is 11.9. The van der Waals surface area contributed by atoms with Crippen LogP contribution in [0.1, 0.15) is 11.3 Å². The fourth-order valence-corrected chi connectivity index (χ4v) is 1.84. The maximum atomic E-state index is 13.1. The third-order valence-electron chi connectivity index (χ3n) is 2.47. The summed E-state index contributed by atoms with van der Waals surface area (Å²) >= 11 is 5.37. The fraction of sp³-hybridized carbons (Fsp3) is 0.182. The van der Waals surface area contributed by atoms with Gasteiger partial charge in [-0.15, -0.1) is 11.6 Å². The van der Waals surface area contributed by atoms with Crippen LogP contribution in [0.5, 0.6) is 0 Å². The van der Waals surface area contributed by atoms with E-state index in [4.69, 9.17) is 11.6 Å². The lowest BCUT2D eigenvalue weighted by atomic mass is 10.2. The molecule has 0 aliphatic heterocycles. The van der Waals surface area contributed by atoms with E-state index >= 15 is 0 Å². The largest absolute Gasteiger partial charge is 0.433 e. The molecule has 2 nitrogen and oxygen atoms in total. The summed E-state index contributed by atoms with van der Waals surface area (Å²) in [7, 11) is 0. The summed E-state index contributed by atoms with van der Waals surface area (Å²) in [6.07, 6.45) is -4.00. The van der Waals surface area contributed by atoms with Gasteiger partial charge >= 0.3 is 6.18 Å². The molecule has 0 aliphatic carbocycles. The van der Waals surface area contributed by atoms with Gasteiger partial charge in [0.1, 0.15) is 0 Å². The molecule has 0 unspecified atom stereocenters. The van der Waals surface area contributed by atoms with Crippen molar-refractivity contribution in [3.8, 4) is 5.69 Å². The van der Waals surface area contributed by atoms with Crippen LogP contribution in [-0.2, 0) is 12.1 Å². The van der Waals surface area contributed by atoms with E-state index in [9.17, 15) is 26.3 Å². The second-order valence-electron chi connectivity index (χ2n) is 3.79. The minimum absolute atomic E-state index is 0.267. The second-order valence-corrected chi connectivity index (χ2v) is 4.05. The molecule has 20 heavy (non-hydrogen) atoms. The summed E-state index contributed by atoms with van der Waals surface area (Å²) < 4.78 is 78.0. The Labute approximate surface area is 113 Å². The predicted molar refractivity (Wildman–Crippen MR) is 58.0 cm³/mol. The number of halogens is 7. The average Bonchev–Trinajstić information content (AvgIpc) is 2.79. The zero-order chi connectivity index (χ0) is 15.1. The van der Waals surface area contributed by atoms with Gasteiger partial charge in [-0.25, -0.2) is 17.9 Å². The number of rotatable bonds is 2. The number of benzene rings is 1. The van der Waals surface area contributed by atoms with Crippen molar-refractivity contribution in [2.75, 3.05) is 0 Å². The van der Waals surface area contributed by atoms with Gasteiger partial charge in [0.25, 0.3) is 0 Å². The first-order valence-corrected chi connectivity index (χ1v) is 5.64. The van der Waals surface area contributed by atoms with Crippen LogP contribution in [0.15, 0.2) is 18.3 Å².